The topological polar surface area (TPSA) is 413 Å². The molecule has 0 saturated carbocycles. The minimum atomic E-state index is -3.47. The number of nitrogens with one attached hydrogen (secondary N) is 5. The summed E-state index contributed by atoms with van der Waals surface area (Å²) in [7, 11) is -13.6. The van der Waals surface area contributed by atoms with Crippen molar-refractivity contribution in [3.63, 3.8) is 0 Å². The van der Waals surface area contributed by atoms with Gasteiger partial charge in [0, 0.05) is 124 Å². The summed E-state index contributed by atoms with van der Waals surface area (Å²) >= 11 is 5.58. The molecular formula is C108H113ClF5N15O15S4. The molecular weight excluding hydrogens is 2010 g/mol. The van der Waals surface area contributed by atoms with E-state index < -0.39 is 79.6 Å². The van der Waals surface area contributed by atoms with Crippen molar-refractivity contribution in [2.75, 3.05) is 127 Å². The van der Waals surface area contributed by atoms with Crippen LogP contribution in [0.2, 0.25) is 0 Å². The van der Waals surface area contributed by atoms with E-state index in [-0.39, 0.29) is 56.2 Å². The second kappa shape index (κ2) is 53.1. The number of anilines is 5. The van der Waals surface area contributed by atoms with E-state index in [1.54, 1.807) is 177 Å². The van der Waals surface area contributed by atoms with Gasteiger partial charge in [-0.05, 0) is 210 Å². The van der Waals surface area contributed by atoms with Gasteiger partial charge in [-0.25, -0.2) is 60.4 Å². The Morgan fingerprint density at radius 2 is 0.554 bits per heavy atom. The Kier molecular flexibility index (Phi) is 40.5. The fourth-order valence-corrected chi connectivity index (χ4v) is 20.6. The Morgan fingerprint density at radius 1 is 0.318 bits per heavy atom. The van der Waals surface area contributed by atoms with Gasteiger partial charge in [0.15, 0.2) is 0 Å². The lowest BCUT2D eigenvalue weighted by Crippen LogP contribution is -2.16. The molecule has 0 fully saturated rings. The van der Waals surface area contributed by atoms with E-state index in [4.69, 9.17) is 40.0 Å². The predicted molar refractivity (Wildman–Crippen MR) is 573 cm³/mol. The number of amides is 1. The highest BCUT2D eigenvalue weighted by Crippen LogP contribution is 2.43. The molecule has 0 aliphatic carbocycles. The number of sulfonamides is 4. The maximum atomic E-state index is 12.5. The summed E-state index contributed by atoms with van der Waals surface area (Å²) in [4.78, 5) is 11.7. The van der Waals surface area contributed by atoms with Gasteiger partial charge in [0.1, 0.15) is 126 Å². The van der Waals surface area contributed by atoms with Crippen LogP contribution in [0.4, 0.5) is 55.2 Å². The number of halogens is 6. The summed E-state index contributed by atoms with van der Waals surface area (Å²) in [6, 6.07) is 73.1. The molecule has 0 saturated heterocycles. The summed E-state index contributed by atoms with van der Waals surface area (Å²) in [6.45, 7) is 15.7. The van der Waals surface area contributed by atoms with Gasteiger partial charge in [-0.15, -0.1) is 11.6 Å². The summed E-state index contributed by atoms with van der Waals surface area (Å²) in [6.07, 6.45) is 2.25. The molecule has 776 valence electrons. The van der Waals surface area contributed by atoms with E-state index in [9.17, 15) is 86.7 Å². The number of hydrogen-bond acceptors (Lipinski definition) is 20. The number of aryl methyl sites for hydroxylation is 5. The lowest BCUT2D eigenvalue weighted by atomic mass is 10.1. The molecule has 0 aliphatic heterocycles. The summed E-state index contributed by atoms with van der Waals surface area (Å²) in [5.41, 5.74) is 17.0. The van der Waals surface area contributed by atoms with Crippen molar-refractivity contribution in [1.29, 1.82) is 26.3 Å². The first-order valence-electron chi connectivity index (χ1n) is 47.6. The van der Waals surface area contributed by atoms with Crippen molar-refractivity contribution in [3.05, 3.63) is 240 Å². The average Bonchev–Trinajstić information content (AvgIpc) is 1.62. The molecule has 148 heavy (non-hydrogen) atoms. The van der Waals surface area contributed by atoms with E-state index in [2.05, 4.69) is 54.6 Å². The Balaban J connectivity index is 0.000000176. The quantitative estimate of drug-likeness (QED) is 0.0175. The fraction of sp³-hybridized carbons (Fsp3) is 0.296. The van der Waals surface area contributed by atoms with E-state index in [0.29, 0.717) is 137 Å². The van der Waals surface area contributed by atoms with Gasteiger partial charge >= 0.3 is 6.09 Å². The SMILES string of the molecule is CCCOC(=O)Nc1ccc(-c2c(C#N)c3ccc(OCCF)cc3n2CC)cc1.CCCS(=O)(=O)Nc1ccc(-c2c(C#N)c3ccc(OCCF)cc3n2CC)cc1.CCn1c(-c2ccc(NS(=O)(=O)CC)cc2)c(C#N)c2ccc(OCCF)cc21.CCn1c(-c2ccc(NS(=O)(=O)CCCCl)cc2)c(C#N)c2ccc(OCCF)cc21.CCn1c(-c2ccc(NS(C)(=O)=O)cc2)c(C#N)c2ccc(OCCF)cc21. The molecule has 40 heteroatoms. The third-order valence-corrected chi connectivity index (χ3v) is 28.1. The Labute approximate surface area is 862 Å². The molecule has 5 heterocycles. The zero-order chi connectivity index (χ0) is 107. The van der Waals surface area contributed by atoms with Gasteiger partial charge in [-0.3, -0.25) is 24.2 Å². The van der Waals surface area contributed by atoms with Crippen LogP contribution in [0.15, 0.2) is 212 Å². The summed E-state index contributed by atoms with van der Waals surface area (Å²) in [5.74, 6) is 3.01. The third-order valence-electron chi connectivity index (χ3n) is 23.0. The number of ether oxygens (including phenoxy) is 6. The lowest BCUT2D eigenvalue weighted by molar-refractivity contribution is 0.161. The van der Waals surface area contributed by atoms with E-state index in [1.807, 2.05) is 114 Å². The predicted octanol–water partition coefficient (Wildman–Crippen LogP) is 23.4. The molecule has 1 amide bonds. The number of rotatable bonds is 42. The van der Waals surface area contributed by atoms with E-state index in [0.717, 1.165) is 123 Å². The van der Waals surface area contributed by atoms with Crippen molar-refractivity contribution >= 4 is 141 Å². The maximum absolute atomic E-state index is 12.5. The smallest absolute Gasteiger partial charge is 0.411 e. The number of carbonyl (C=O) groups is 1. The second-order valence-corrected chi connectivity index (χ2v) is 40.7. The number of carbonyl (C=O) groups excluding carboxylic acids is 1. The van der Waals surface area contributed by atoms with Gasteiger partial charge in [0.25, 0.3) is 0 Å². The Morgan fingerprint density at radius 3 is 0.764 bits per heavy atom. The molecule has 0 bridgehead atoms. The van der Waals surface area contributed by atoms with Gasteiger partial charge in [0.05, 0.1) is 114 Å². The van der Waals surface area contributed by atoms with Crippen LogP contribution in [0, 0.1) is 56.7 Å². The highest BCUT2D eigenvalue weighted by molar-refractivity contribution is 7.93. The van der Waals surface area contributed by atoms with Crippen LogP contribution in [0.5, 0.6) is 28.7 Å². The van der Waals surface area contributed by atoms with Crippen LogP contribution in [0.25, 0.3) is 111 Å². The first-order valence-corrected chi connectivity index (χ1v) is 55.0. The molecule has 30 nitrogen and oxygen atoms in total. The zero-order valence-electron chi connectivity index (χ0n) is 83.0. The van der Waals surface area contributed by atoms with Crippen LogP contribution >= 0.6 is 11.6 Å². The highest BCUT2D eigenvalue weighted by atomic mass is 35.5. The van der Waals surface area contributed by atoms with Gasteiger partial charge in [0.2, 0.25) is 40.1 Å². The normalized spacial score (nSPS) is 11.2. The van der Waals surface area contributed by atoms with Crippen molar-refractivity contribution in [2.24, 2.45) is 0 Å². The maximum Gasteiger partial charge on any atom is 0.411 e. The number of nitriles is 5. The molecule has 5 aromatic heterocycles. The van der Waals surface area contributed by atoms with Crippen molar-refractivity contribution in [1.82, 2.24) is 22.8 Å². The summed E-state index contributed by atoms with van der Waals surface area (Å²) in [5, 5.41) is 55.7. The monoisotopic (exact) mass is 2120 g/mol. The first kappa shape index (κ1) is 113. The number of alkyl halides is 6. The first-order chi connectivity index (χ1) is 71.3. The van der Waals surface area contributed by atoms with Gasteiger partial charge < -0.3 is 51.3 Å². The van der Waals surface area contributed by atoms with Crippen LogP contribution in [-0.4, -0.2) is 165 Å². The number of benzene rings is 10. The molecule has 0 unspecified atom stereocenters. The lowest BCUT2D eigenvalue weighted by Gasteiger charge is -2.11. The number of fused-ring (bicyclic) bond motifs is 5. The third kappa shape index (κ3) is 28.0. The standard InChI is InChI=1S/C23H24FN3O3.C22H23ClFN3O3S.C22H24FN3O3S.C21H22FN3O3S.C20H20FN3O3S/c1-3-12-30-23(28)26-17-7-5-16(6-8-17)22-20(15-25)19-10-9-18(29-13-11-24)14-21(19)27(22)4-2;1-2-27-21-14-18(30-12-11-24)8-9-19(21)20(15-25)22(27)16-4-6-17(7-5-16)26-31(28,29)13-3-10-23;1-3-13-30(27,28)25-17-7-5-16(6-8-17)22-20(15-24)19-10-9-18(29-12-11-23)14-21(19)26(22)4-2;1-3-25-20-13-17(28-12-11-22)9-10-18(20)19(14-23)21(25)15-5-7-16(8-6-15)24-29(26,27)4-2;1-3-24-19-12-16(27-11-10-21)8-9-17(19)18(13-22)20(24)14-4-6-15(7-5-14)23-28(2,25)26/h5-10,14H,3-4,11-13H2,1-2H3,(H,26,28);4-9,14,26H,2-3,10-13H2,1H3;5-10,14,25H,3-4,11-13H2,1-2H3;5-10,13,24H,3-4,11-12H2,1-2H3;4-9,12,23H,3,10-11H2,1-2H3. The van der Waals surface area contributed by atoms with E-state index >= 15 is 0 Å². The van der Waals surface area contributed by atoms with Gasteiger partial charge in [-0.2, -0.15) is 26.3 Å². The molecule has 5 N–H and O–H groups in total. The Bertz CT molecular complexity index is 7910. The van der Waals surface area contributed by atoms with Crippen LogP contribution in [0.3, 0.4) is 0 Å². The number of hydrogen-bond donors (Lipinski definition) is 5. The van der Waals surface area contributed by atoms with Crippen molar-refractivity contribution in [2.45, 2.75) is 107 Å². The number of aromatic nitrogens is 5. The van der Waals surface area contributed by atoms with Crippen LogP contribution in [-0.2, 0) is 77.6 Å². The fourth-order valence-electron chi connectivity index (χ4n) is 16.9. The molecule has 0 spiro atoms. The Hall–Kier alpha value is -15.4. The molecule has 0 radical (unpaired) electrons. The van der Waals surface area contributed by atoms with Crippen LogP contribution in [0.1, 0.15) is 102 Å². The largest absolute Gasteiger partial charge is 0.491 e. The zero-order valence-corrected chi connectivity index (χ0v) is 87.0. The number of nitrogens with zero attached hydrogens (tertiary/aromatic N) is 10. The van der Waals surface area contributed by atoms with Crippen molar-refractivity contribution in [3.8, 4) is 115 Å². The molecule has 15 aromatic rings. The molecule has 0 aliphatic rings. The minimum Gasteiger partial charge on any atom is -0.491 e. The van der Waals surface area contributed by atoms with E-state index in [1.165, 1.54) is 0 Å². The molecule has 15 rings (SSSR count). The molecule has 0 atom stereocenters. The van der Waals surface area contributed by atoms with Crippen molar-refractivity contribution < 1.29 is 88.8 Å². The average molecular weight is 2120 g/mol. The highest BCUT2D eigenvalue weighted by Gasteiger charge is 2.27. The minimum absolute atomic E-state index is 0.00848. The molecule has 10 aromatic carbocycles. The van der Waals surface area contributed by atoms with Crippen LogP contribution < -0.4 is 47.9 Å². The summed E-state index contributed by atoms with van der Waals surface area (Å²) < 4.78 is 209. The second-order valence-electron chi connectivity index (χ2n) is 32.9. The van der Waals surface area contributed by atoms with Gasteiger partial charge in [-0.1, -0.05) is 74.5 Å².